The highest BCUT2D eigenvalue weighted by atomic mass is 35.5. The number of imidazole rings is 1. The van der Waals surface area contributed by atoms with E-state index in [0.717, 1.165) is 23.6 Å². The Hall–Kier alpha value is -1.68. The van der Waals surface area contributed by atoms with Crippen molar-refractivity contribution in [2.75, 3.05) is 12.8 Å². The third-order valence-corrected chi connectivity index (χ3v) is 3.23. The first kappa shape index (κ1) is 12.8. The van der Waals surface area contributed by atoms with E-state index in [9.17, 15) is 0 Å². The van der Waals surface area contributed by atoms with Gasteiger partial charge in [0.05, 0.1) is 12.1 Å². The van der Waals surface area contributed by atoms with Crippen molar-refractivity contribution in [3.63, 3.8) is 0 Å². The van der Waals surface area contributed by atoms with Gasteiger partial charge in [-0.25, -0.2) is 4.98 Å². The van der Waals surface area contributed by atoms with Crippen molar-refractivity contribution in [3.05, 3.63) is 29.0 Å². The maximum atomic E-state index is 6.11. The van der Waals surface area contributed by atoms with Crippen molar-refractivity contribution in [1.82, 2.24) is 9.55 Å². The van der Waals surface area contributed by atoms with E-state index in [1.807, 2.05) is 36.6 Å². The molecule has 2 N–H and O–H groups in total. The van der Waals surface area contributed by atoms with Gasteiger partial charge in [-0.1, -0.05) is 11.6 Å². The Labute approximate surface area is 111 Å². The number of rotatable bonds is 3. The van der Waals surface area contributed by atoms with Gasteiger partial charge < -0.3 is 15.0 Å². The molecule has 2 aromatic rings. The smallest absolute Gasteiger partial charge is 0.137 e. The van der Waals surface area contributed by atoms with Gasteiger partial charge in [0.25, 0.3) is 0 Å². The van der Waals surface area contributed by atoms with E-state index in [1.54, 1.807) is 7.11 Å². The number of aromatic nitrogens is 2. The van der Waals surface area contributed by atoms with Crippen molar-refractivity contribution in [2.45, 2.75) is 20.4 Å². The Morgan fingerprint density at radius 2 is 2.17 bits per heavy atom. The Kier molecular flexibility index (Phi) is 3.48. The number of nitrogens with two attached hydrogens (primary N) is 1. The molecule has 0 radical (unpaired) electrons. The zero-order valence-electron chi connectivity index (χ0n) is 10.7. The average molecular weight is 266 g/mol. The second-order valence-corrected chi connectivity index (χ2v) is 4.39. The molecule has 0 spiro atoms. The van der Waals surface area contributed by atoms with Crippen LogP contribution in [0.15, 0.2) is 18.2 Å². The summed E-state index contributed by atoms with van der Waals surface area (Å²) >= 11 is 6.11. The van der Waals surface area contributed by atoms with Crippen molar-refractivity contribution in [1.29, 1.82) is 0 Å². The number of hydrogen-bond acceptors (Lipinski definition) is 3. The summed E-state index contributed by atoms with van der Waals surface area (Å²) in [6.07, 6.45) is 0. The molecule has 1 aromatic heterocycles. The van der Waals surface area contributed by atoms with Gasteiger partial charge >= 0.3 is 0 Å². The predicted octanol–water partition coefficient (Wildman–Crippen LogP) is 3.12. The summed E-state index contributed by atoms with van der Waals surface area (Å²) in [6.45, 7) is 4.78. The lowest BCUT2D eigenvalue weighted by molar-refractivity contribution is 0.415. The fourth-order valence-electron chi connectivity index (χ4n) is 2.01. The molecule has 0 aliphatic heterocycles. The molecule has 0 aliphatic rings. The molecule has 0 bridgehead atoms. The molecule has 5 heteroatoms. The molecule has 96 valence electrons. The van der Waals surface area contributed by atoms with Gasteiger partial charge in [-0.2, -0.15) is 0 Å². The fourth-order valence-corrected chi connectivity index (χ4v) is 2.26. The standard InChI is InChI=1S/C13H16ClN3O/c1-4-17-8(2)16-12(13(17)15)9-5-6-11(18-3)10(14)7-9/h5-7H,4,15H2,1-3H3. The number of nitrogens with zero attached hydrogens (tertiary/aromatic N) is 2. The lowest BCUT2D eigenvalue weighted by Gasteiger charge is -2.06. The van der Waals surface area contributed by atoms with Gasteiger partial charge in [0.2, 0.25) is 0 Å². The highest BCUT2D eigenvalue weighted by Gasteiger charge is 2.13. The van der Waals surface area contributed by atoms with E-state index in [4.69, 9.17) is 22.1 Å². The van der Waals surface area contributed by atoms with Crippen molar-refractivity contribution in [3.8, 4) is 17.0 Å². The molecular formula is C13H16ClN3O. The van der Waals surface area contributed by atoms with Crippen LogP contribution in [0, 0.1) is 6.92 Å². The van der Waals surface area contributed by atoms with Gasteiger partial charge in [0.15, 0.2) is 0 Å². The SMILES string of the molecule is CCn1c(C)nc(-c2ccc(OC)c(Cl)c2)c1N. The molecule has 0 saturated heterocycles. The fraction of sp³-hybridized carbons (Fsp3) is 0.308. The summed E-state index contributed by atoms with van der Waals surface area (Å²) in [4.78, 5) is 4.49. The molecule has 1 heterocycles. The third-order valence-electron chi connectivity index (χ3n) is 2.94. The molecule has 0 amide bonds. The van der Waals surface area contributed by atoms with Crippen LogP contribution in [0.3, 0.4) is 0 Å². The van der Waals surface area contributed by atoms with E-state index in [-0.39, 0.29) is 0 Å². The minimum atomic E-state index is 0.554. The number of hydrogen-bond donors (Lipinski definition) is 1. The summed E-state index contributed by atoms with van der Waals surface area (Å²) in [7, 11) is 1.59. The van der Waals surface area contributed by atoms with Crippen LogP contribution < -0.4 is 10.5 Å². The first-order chi connectivity index (χ1) is 8.58. The summed E-state index contributed by atoms with van der Waals surface area (Å²) in [5.41, 5.74) is 7.75. The lowest BCUT2D eigenvalue weighted by Crippen LogP contribution is -2.02. The van der Waals surface area contributed by atoms with Crippen LogP contribution >= 0.6 is 11.6 Å². The molecular weight excluding hydrogens is 250 g/mol. The van der Waals surface area contributed by atoms with Gasteiger partial charge in [-0.3, -0.25) is 0 Å². The monoisotopic (exact) mass is 265 g/mol. The molecule has 0 fully saturated rings. The van der Waals surface area contributed by atoms with E-state index in [0.29, 0.717) is 16.6 Å². The molecule has 2 rings (SSSR count). The van der Waals surface area contributed by atoms with E-state index >= 15 is 0 Å². The number of methoxy groups -OCH3 is 1. The van der Waals surface area contributed by atoms with Gasteiger partial charge in [-0.15, -0.1) is 0 Å². The van der Waals surface area contributed by atoms with Crippen molar-refractivity contribution >= 4 is 17.4 Å². The number of benzene rings is 1. The maximum Gasteiger partial charge on any atom is 0.137 e. The third kappa shape index (κ3) is 2.04. The van der Waals surface area contributed by atoms with E-state index in [1.165, 1.54) is 0 Å². The summed E-state index contributed by atoms with van der Waals surface area (Å²) in [5, 5.41) is 0.554. The van der Waals surface area contributed by atoms with Gasteiger partial charge in [0, 0.05) is 12.1 Å². The van der Waals surface area contributed by atoms with Crippen LogP contribution in [0.4, 0.5) is 5.82 Å². The first-order valence-electron chi connectivity index (χ1n) is 5.75. The zero-order chi connectivity index (χ0) is 13.3. The van der Waals surface area contributed by atoms with Crippen LogP contribution in [0.25, 0.3) is 11.3 Å². The molecule has 0 aliphatic carbocycles. The lowest BCUT2D eigenvalue weighted by atomic mass is 10.1. The summed E-state index contributed by atoms with van der Waals surface area (Å²) < 4.78 is 7.09. The van der Waals surface area contributed by atoms with E-state index < -0.39 is 0 Å². The average Bonchev–Trinajstić information content (AvgIpc) is 2.64. The largest absolute Gasteiger partial charge is 0.495 e. The second kappa shape index (κ2) is 4.90. The number of aryl methyl sites for hydroxylation is 1. The zero-order valence-corrected chi connectivity index (χ0v) is 11.5. The molecule has 4 nitrogen and oxygen atoms in total. The molecule has 0 atom stereocenters. The van der Waals surface area contributed by atoms with Crippen molar-refractivity contribution in [2.24, 2.45) is 0 Å². The second-order valence-electron chi connectivity index (χ2n) is 3.99. The number of nitrogen functional groups attached to an aromatic ring is 1. The van der Waals surface area contributed by atoms with Crippen LogP contribution in [-0.4, -0.2) is 16.7 Å². The number of ether oxygens (including phenoxy) is 1. The van der Waals surface area contributed by atoms with Crippen LogP contribution in [0.2, 0.25) is 5.02 Å². The Morgan fingerprint density at radius 1 is 1.44 bits per heavy atom. The normalized spacial score (nSPS) is 10.7. The Morgan fingerprint density at radius 3 is 2.67 bits per heavy atom. The van der Waals surface area contributed by atoms with Crippen molar-refractivity contribution < 1.29 is 4.74 Å². The molecule has 0 saturated carbocycles. The first-order valence-corrected chi connectivity index (χ1v) is 6.12. The molecule has 0 unspecified atom stereocenters. The Balaban J connectivity index is 2.52. The molecule has 18 heavy (non-hydrogen) atoms. The van der Waals surface area contributed by atoms with Gasteiger partial charge in [0.1, 0.15) is 23.1 Å². The Bertz CT molecular complexity index is 578. The predicted molar refractivity (Wildman–Crippen MR) is 74.0 cm³/mol. The minimum Gasteiger partial charge on any atom is -0.495 e. The maximum absolute atomic E-state index is 6.11. The number of anilines is 1. The quantitative estimate of drug-likeness (QED) is 0.928. The highest BCUT2D eigenvalue weighted by Crippen LogP contribution is 2.32. The van der Waals surface area contributed by atoms with Crippen LogP contribution in [0.1, 0.15) is 12.7 Å². The van der Waals surface area contributed by atoms with Crippen LogP contribution in [-0.2, 0) is 6.54 Å². The molecule has 1 aromatic carbocycles. The topological polar surface area (TPSA) is 53.1 Å². The highest BCUT2D eigenvalue weighted by molar-refractivity contribution is 6.32. The number of halogens is 1. The van der Waals surface area contributed by atoms with E-state index in [2.05, 4.69) is 4.98 Å². The minimum absolute atomic E-state index is 0.554. The van der Waals surface area contributed by atoms with Crippen LogP contribution in [0.5, 0.6) is 5.75 Å². The summed E-state index contributed by atoms with van der Waals surface area (Å²) in [5.74, 6) is 2.21. The summed E-state index contributed by atoms with van der Waals surface area (Å²) in [6, 6.07) is 5.54. The van der Waals surface area contributed by atoms with Gasteiger partial charge in [-0.05, 0) is 32.0 Å².